The average molecular weight is 226 g/mol. The first-order valence-electron chi connectivity index (χ1n) is 7.07. The Labute approximate surface area is 102 Å². The van der Waals surface area contributed by atoms with Gasteiger partial charge in [0, 0.05) is 18.6 Å². The zero-order valence-electron chi connectivity index (χ0n) is 11.7. The summed E-state index contributed by atoms with van der Waals surface area (Å²) in [4.78, 5) is 2.62. The van der Waals surface area contributed by atoms with Crippen LogP contribution in [0.25, 0.3) is 0 Å². The summed E-state index contributed by atoms with van der Waals surface area (Å²) >= 11 is 0. The van der Waals surface area contributed by atoms with Crippen molar-refractivity contribution in [2.45, 2.75) is 58.9 Å². The maximum absolute atomic E-state index is 3.71. The van der Waals surface area contributed by atoms with Gasteiger partial charge in [-0.15, -0.1) is 0 Å². The minimum absolute atomic E-state index is 0.363. The fourth-order valence-corrected chi connectivity index (χ4v) is 2.62. The van der Waals surface area contributed by atoms with E-state index in [2.05, 4.69) is 37.9 Å². The van der Waals surface area contributed by atoms with E-state index >= 15 is 0 Å². The van der Waals surface area contributed by atoms with E-state index in [9.17, 15) is 0 Å². The van der Waals surface area contributed by atoms with Gasteiger partial charge in [-0.3, -0.25) is 0 Å². The standard InChI is InChI=1S/C14H30N2/c1-5-13(3)11-16(6-2)12-14(4)9-7-8-10-15-14/h13,15H,5-12H2,1-4H3. The molecule has 1 aliphatic heterocycles. The maximum atomic E-state index is 3.71. The molecule has 0 aliphatic carbocycles. The lowest BCUT2D eigenvalue weighted by atomic mass is 9.90. The van der Waals surface area contributed by atoms with Crippen LogP contribution in [-0.2, 0) is 0 Å². The van der Waals surface area contributed by atoms with Gasteiger partial charge in [0.2, 0.25) is 0 Å². The van der Waals surface area contributed by atoms with Crippen LogP contribution in [0.1, 0.15) is 53.4 Å². The molecule has 1 fully saturated rings. The molecule has 0 radical (unpaired) electrons. The number of nitrogens with one attached hydrogen (secondary N) is 1. The van der Waals surface area contributed by atoms with Gasteiger partial charge in [-0.2, -0.15) is 0 Å². The first kappa shape index (κ1) is 14.0. The Kier molecular flexibility index (Phi) is 5.77. The third-order valence-electron chi connectivity index (χ3n) is 3.99. The Hall–Kier alpha value is -0.0800. The van der Waals surface area contributed by atoms with Crippen LogP contribution in [0.5, 0.6) is 0 Å². The summed E-state index contributed by atoms with van der Waals surface area (Å²) in [6.07, 6.45) is 5.38. The fraction of sp³-hybridized carbons (Fsp3) is 1.00. The molecule has 2 nitrogen and oxygen atoms in total. The molecule has 16 heavy (non-hydrogen) atoms. The molecule has 2 atom stereocenters. The smallest absolute Gasteiger partial charge is 0.0280 e. The van der Waals surface area contributed by atoms with Crippen molar-refractivity contribution in [3.63, 3.8) is 0 Å². The largest absolute Gasteiger partial charge is 0.310 e. The highest BCUT2D eigenvalue weighted by atomic mass is 15.2. The van der Waals surface area contributed by atoms with Gasteiger partial charge in [0.05, 0.1) is 0 Å². The van der Waals surface area contributed by atoms with Crippen molar-refractivity contribution in [2.75, 3.05) is 26.2 Å². The van der Waals surface area contributed by atoms with Gasteiger partial charge in [-0.05, 0) is 38.8 Å². The summed E-state index contributed by atoms with van der Waals surface area (Å²) in [5, 5.41) is 3.71. The zero-order valence-corrected chi connectivity index (χ0v) is 11.7. The van der Waals surface area contributed by atoms with E-state index in [1.807, 2.05) is 0 Å². The summed E-state index contributed by atoms with van der Waals surface area (Å²) in [7, 11) is 0. The number of hydrogen-bond donors (Lipinski definition) is 1. The normalized spacial score (nSPS) is 28.3. The van der Waals surface area contributed by atoms with E-state index in [0.29, 0.717) is 5.54 Å². The first-order valence-corrected chi connectivity index (χ1v) is 7.07. The number of piperidine rings is 1. The molecule has 0 saturated carbocycles. The Bertz CT molecular complexity index is 185. The molecule has 0 aromatic rings. The van der Waals surface area contributed by atoms with Crippen molar-refractivity contribution in [1.82, 2.24) is 10.2 Å². The topological polar surface area (TPSA) is 15.3 Å². The third-order valence-corrected chi connectivity index (χ3v) is 3.99. The van der Waals surface area contributed by atoms with Gasteiger partial charge in [0.1, 0.15) is 0 Å². The van der Waals surface area contributed by atoms with Crippen molar-refractivity contribution in [2.24, 2.45) is 5.92 Å². The monoisotopic (exact) mass is 226 g/mol. The Morgan fingerprint density at radius 3 is 2.56 bits per heavy atom. The molecule has 0 bridgehead atoms. The van der Waals surface area contributed by atoms with Crippen molar-refractivity contribution in [1.29, 1.82) is 0 Å². The summed E-state index contributed by atoms with van der Waals surface area (Å²) in [5.41, 5.74) is 0.363. The summed E-state index contributed by atoms with van der Waals surface area (Å²) in [6.45, 7) is 14.2. The minimum Gasteiger partial charge on any atom is -0.310 e. The predicted molar refractivity (Wildman–Crippen MR) is 71.8 cm³/mol. The van der Waals surface area contributed by atoms with Gasteiger partial charge < -0.3 is 10.2 Å². The number of rotatable bonds is 6. The number of hydrogen-bond acceptors (Lipinski definition) is 2. The summed E-state index contributed by atoms with van der Waals surface area (Å²) in [5.74, 6) is 0.826. The second kappa shape index (κ2) is 6.61. The Morgan fingerprint density at radius 2 is 2.06 bits per heavy atom. The molecule has 1 heterocycles. The van der Waals surface area contributed by atoms with Gasteiger partial charge >= 0.3 is 0 Å². The van der Waals surface area contributed by atoms with Crippen LogP contribution in [0.3, 0.4) is 0 Å². The van der Waals surface area contributed by atoms with Gasteiger partial charge in [0.25, 0.3) is 0 Å². The highest BCUT2D eigenvalue weighted by Gasteiger charge is 2.28. The van der Waals surface area contributed by atoms with E-state index in [4.69, 9.17) is 0 Å². The average Bonchev–Trinajstić information content (AvgIpc) is 2.28. The molecular formula is C14H30N2. The lowest BCUT2D eigenvalue weighted by Gasteiger charge is -2.39. The predicted octanol–water partition coefficient (Wildman–Crippen LogP) is 2.89. The molecule has 1 aliphatic rings. The molecule has 0 aromatic heterocycles. The number of likely N-dealkylation sites (N-methyl/N-ethyl adjacent to an activating group) is 1. The van der Waals surface area contributed by atoms with E-state index < -0.39 is 0 Å². The molecular weight excluding hydrogens is 196 g/mol. The molecule has 96 valence electrons. The minimum atomic E-state index is 0.363. The van der Waals surface area contributed by atoms with E-state index in [0.717, 1.165) is 5.92 Å². The Balaban J connectivity index is 2.41. The SMILES string of the molecule is CCC(C)CN(CC)CC1(C)CCCCN1. The summed E-state index contributed by atoms with van der Waals surface area (Å²) < 4.78 is 0. The molecule has 0 spiro atoms. The second-order valence-electron chi connectivity index (χ2n) is 5.79. The van der Waals surface area contributed by atoms with Crippen LogP contribution in [0.15, 0.2) is 0 Å². The molecule has 2 heteroatoms. The van der Waals surface area contributed by atoms with E-state index in [-0.39, 0.29) is 0 Å². The van der Waals surface area contributed by atoms with Crippen LogP contribution in [-0.4, -0.2) is 36.6 Å². The Morgan fingerprint density at radius 1 is 1.31 bits per heavy atom. The second-order valence-corrected chi connectivity index (χ2v) is 5.79. The fourth-order valence-electron chi connectivity index (χ4n) is 2.62. The summed E-state index contributed by atoms with van der Waals surface area (Å²) in [6, 6.07) is 0. The maximum Gasteiger partial charge on any atom is 0.0280 e. The lowest BCUT2D eigenvalue weighted by Crippen LogP contribution is -2.54. The molecule has 2 unspecified atom stereocenters. The van der Waals surface area contributed by atoms with Crippen LogP contribution >= 0.6 is 0 Å². The van der Waals surface area contributed by atoms with Gasteiger partial charge in [-0.25, -0.2) is 0 Å². The van der Waals surface area contributed by atoms with Crippen molar-refractivity contribution in [3.05, 3.63) is 0 Å². The van der Waals surface area contributed by atoms with Crippen molar-refractivity contribution >= 4 is 0 Å². The van der Waals surface area contributed by atoms with E-state index in [1.54, 1.807) is 0 Å². The highest BCUT2D eigenvalue weighted by molar-refractivity contribution is 4.89. The molecule has 1 N–H and O–H groups in total. The molecule has 1 saturated heterocycles. The van der Waals surface area contributed by atoms with Crippen LogP contribution < -0.4 is 5.32 Å². The van der Waals surface area contributed by atoms with Gasteiger partial charge in [0.15, 0.2) is 0 Å². The molecule has 0 aromatic carbocycles. The third kappa shape index (κ3) is 4.42. The molecule has 1 rings (SSSR count). The lowest BCUT2D eigenvalue weighted by molar-refractivity contribution is 0.153. The quantitative estimate of drug-likeness (QED) is 0.749. The first-order chi connectivity index (χ1) is 7.59. The van der Waals surface area contributed by atoms with Crippen LogP contribution in [0, 0.1) is 5.92 Å². The van der Waals surface area contributed by atoms with Crippen LogP contribution in [0.4, 0.5) is 0 Å². The molecule has 0 amide bonds. The highest BCUT2D eigenvalue weighted by Crippen LogP contribution is 2.20. The van der Waals surface area contributed by atoms with E-state index in [1.165, 1.54) is 51.9 Å². The van der Waals surface area contributed by atoms with Crippen molar-refractivity contribution < 1.29 is 0 Å². The van der Waals surface area contributed by atoms with Crippen LogP contribution in [0.2, 0.25) is 0 Å². The zero-order chi connectivity index (χ0) is 12.0. The number of nitrogens with zero attached hydrogens (tertiary/aromatic N) is 1. The van der Waals surface area contributed by atoms with Crippen molar-refractivity contribution in [3.8, 4) is 0 Å². The van der Waals surface area contributed by atoms with Gasteiger partial charge in [-0.1, -0.05) is 33.6 Å².